The van der Waals surface area contributed by atoms with Crippen LogP contribution < -0.4 is 5.32 Å². The lowest BCUT2D eigenvalue weighted by Gasteiger charge is -2.29. The average Bonchev–Trinajstić information content (AvgIpc) is 3.59. The zero-order valence-electron chi connectivity index (χ0n) is 22.4. The summed E-state index contributed by atoms with van der Waals surface area (Å²) in [5, 5.41) is 49.5. The van der Waals surface area contributed by atoms with Crippen LogP contribution >= 0.6 is 0 Å². The Hall–Kier alpha value is -5.32. The lowest BCUT2D eigenvalue weighted by atomic mass is 9.84. The zero-order chi connectivity index (χ0) is 29.8. The number of carbonyl (C=O) groups excluding carboxylic acids is 1. The number of benzene rings is 1. The van der Waals surface area contributed by atoms with E-state index in [1.165, 1.54) is 18.2 Å². The molecule has 1 atom stereocenters. The number of amides is 1. The van der Waals surface area contributed by atoms with Crippen LogP contribution in [-0.2, 0) is 9.59 Å². The molecule has 3 heterocycles. The second-order valence-corrected chi connectivity index (χ2v) is 10.2. The van der Waals surface area contributed by atoms with Gasteiger partial charge in [-0.1, -0.05) is 0 Å². The summed E-state index contributed by atoms with van der Waals surface area (Å²) in [6, 6.07) is 6.75. The largest absolute Gasteiger partial charge is 0.507 e. The lowest BCUT2D eigenvalue weighted by molar-refractivity contribution is -0.140. The number of carboxylic acids is 2. The van der Waals surface area contributed by atoms with Gasteiger partial charge in [0.15, 0.2) is 0 Å². The molecule has 5 N–H and O–H groups in total. The van der Waals surface area contributed by atoms with E-state index in [1.807, 2.05) is 10.6 Å². The number of nitriles is 1. The van der Waals surface area contributed by atoms with Crippen molar-refractivity contribution in [1.82, 2.24) is 24.8 Å². The highest BCUT2D eigenvalue weighted by molar-refractivity contribution is 6.02. The number of nitrogens with one attached hydrogen (secondary N) is 2. The van der Waals surface area contributed by atoms with Crippen molar-refractivity contribution in [2.24, 2.45) is 16.1 Å². The van der Waals surface area contributed by atoms with Crippen molar-refractivity contribution in [3.63, 3.8) is 0 Å². The van der Waals surface area contributed by atoms with Gasteiger partial charge in [0, 0.05) is 30.5 Å². The van der Waals surface area contributed by atoms with Crippen molar-refractivity contribution in [2.75, 3.05) is 0 Å². The number of aromatic amines is 1. The fraction of sp³-hybridized carbons (Fsp3) is 0.357. The lowest BCUT2D eigenvalue weighted by Crippen LogP contribution is -2.41. The molecule has 1 fully saturated rings. The van der Waals surface area contributed by atoms with Crippen LogP contribution in [0.5, 0.6) is 5.75 Å². The van der Waals surface area contributed by atoms with Gasteiger partial charge in [0.05, 0.1) is 29.0 Å². The molecule has 1 aliphatic carbocycles. The zero-order valence-corrected chi connectivity index (χ0v) is 22.4. The van der Waals surface area contributed by atoms with Crippen LogP contribution in [0.1, 0.15) is 61.3 Å². The van der Waals surface area contributed by atoms with Crippen molar-refractivity contribution in [2.45, 2.75) is 57.0 Å². The number of aliphatic carboxylic acids is 2. The minimum Gasteiger partial charge on any atom is -0.507 e. The molecule has 0 bridgehead atoms. The Bertz CT molecular complexity index is 1730. The van der Waals surface area contributed by atoms with Gasteiger partial charge in [0.2, 0.25) is 0 Å². The molecule has 0 aliphatic heterocycles. The Morgan fingerprint density at radius 2 is 1.95 bits per heavy atom. The van der Waals surface area contributed by atoms with Crippen molar-refractivity contribution in [3.8, 4) is 11.8 Å². The molecular weight excluding hydrogens is 544 g/mol. The number of pyridine rings is 1. The summed E-state index contributed by atoms with van der Waals surface area (Å²) in [7, 11) is 0. The van der Waals surface area contributed by atoms with E-state index in [9.17, 15) is 24.6 Å². The normalized spacial score (nSPS) is 17.8. The molecule has 0 saturated heterocycles. The van der Waals surface area contributed by atoms with Gasteiger partial charge < -0.3 is 30.2 Å². The summed E-state index contributed by atoms with van der Waals surface area (Å²) >= 11 is 0. The van der Waals surface area contributed by atoms with E-state index in [1.54, 1.807) is 12.4 Å². The Morgan fingerprint density at radius 1 is 1.17 bits per heavy atom. The summed E-state index contributed by atoms with van der Waals surface area (Å²) in [5.41, 5.74) is 2.18. The molecule has 14 heteroatoms. The highest BCUT2D eigenvalue weighted by Gasteiger charge is 2.27. The number of hydrogen-bond acceptors (Lipinski definition) is 9. The summed E-state index contributed by atoms with van der Waals surface area (Å²) in [4.78, 5) is 47.4. The standard InChI is InChI=1S/C28H28N8O6/c29-11-9-15-1-4-17(5-2-15)36-24-18-10-12-30-25(18)31-14-21(24)33-28(36)35-34-16-3-7-22(37)19(13-16)26(40)32-20(27(41)42)6-8-23(38)39/h3,7,10,12-15,17,20,37H,1-2,4-6,8-9H2,(H,30,31)(H,32,40)(H,38,39)(H,41,42)/t15?,17?,20-/m1/s1. The Labute approximate surface area is 238 Å². The fourth-order valence-corrected chi connectivity index (χ4v) is 5.36. The van der Waals surface area contributed by atoms with Gasteiger partial charge in [-0.15, -0.1) is 10.2 Å². The Morgan fingerprint density at radius 3 is 2.67 bits per heavy atom. The number of nitrogens with zero attached hydrogens (tertiary/aromatic N) is 6. The van der Waals surface area contributed by atoms with Crippen molar-refractivity contribution >= 4 is 51.5 Å². The number of hydrogen-bond donors (Lipinski definition) is 5. The van der Waals surface area contributed by atoms with Crippen LogP contribution in [0.3, 0.4) is 0 Å². The predicted molar refractivity (Wildman–Crippen MR) is 149 cm³/mol. The van der Waals surface area contributed by atoms with Crippen molar-refractivity contribution < 1.29 is 29.7 Å². The van der Waals surface area contributed by atoms with E-state index in [0.29, 0.717) is 29.5 Å². The third-order valence-electron chi connectivity index (χ3n) is 7.51. The van der Waals surface area contributed by atoms with Crippen molar-refractivity contribution in [3.05, 3.63) is 42.2 Å². The molecule has 5 rings (SSSR count). The first kappa shape index (κ1) is 28.2. The Kier molecular flexibility index (Phi) is 8.09. The number of imidazole rings is 1. The first-order valence-corrected chi connectivity index (χ1v) is 13.5. The smallest absolute Gasteiger partial charge is 0.326 e. The molecule has 216 valence electrons. The number of aromatic nitrogens is 4. The predicted octanol–water partition coefficient (Wildman–Crippen LogP) is 4.73. The number of H-pyrrole nitrogens is 1. The number of phenolic OH excluding ortho intramolecular Hbond substituents is 1. The second-order valence-electron chi connectivity index (χ2n) is 10.2. The monoisotopic (exact) mass is 572 g/mol. The number of fused-ring (bicyclic) bond motifs is 3. The molecule has 1 aliphatic rings. The van der Waals surface area contributed by atoms with Crippen LogP contribution in [-0.4, -0.2) is 58.7 Å². The van der Waals surface area contributed by atoms with Crippen LogP contribution in [0.15, 0.2) is 46.9 Å². The second kappa shape index (κ2) is 12.0. The SMILES string of the molecule is N#CCC1CCC(n2c(N=Nc3ccc(O)c(C(=O)N[C@H](CCC(=O)O)C(=O)O)c3)nc3cnc4[nH]ccc4c32)CC1. The highest BCUT2D eigenvalue weighted by Crippen LogP contribution is 2.40. The van der Waals surface area contributed by atoms with E-state index in [2.05, 4.69) is 36.6 Å². The number of aromatic hydroxyl groups is 1. The molecule has 1 aromatic carbocycles. The summed E-state index contributed by atoms with van der Waals surface area (Å²) in [5.74, 6) is -3.21. The molecule has 0 spiro atoms. The number of carboxylic acid groups (broad SMARTS) is 2. The molecule has 4 aromatic rings. The topological polar surface area (TPSA) is 219 Å². The molecule has 42 heavy (non-hydrogen) atoms. The maximum absolute atomic E-state index is 12.8. The molecular formula is C28H28N8O6. The third kappa shape index (κ3) is 5.90. The average molecular weight is 573 g/mol. The van der Waals surface area contributed by atoms with E-state index in [-0.39, 0.29) is 23.7 Å². The first-order chi connectivity index (χ1) is 20.2. The van der Waals surface area contributed by atoms with Crippen molar-refractivity contribution in [1.29, 1.82) is 5.26 Å². The van der Waals surface area contributed by atoms with Gasteiger partial charge in [-0.25, -0.2) is 14.8 Å². The number of rotatable bonds is 10. The molecule has 0 radical (unpaired) electrons. The van der Waals surface area contributed by atoms with E-state index >= 15 is 0 Å². The summed E-state index contributed by atoms with van der Waals surface area (Å²) in [6.07, 6.45) is 6.69. The van der Waals surface area contributed by atoms with E-state index in [4.69, 9.17) is 10.4 Å². The van der Waals surface area contributed by atoms with Gasteiger partial charge in [0.1, 0.15) is 23.0 Å². The minimum absolute atomic E-state index is 0.0688. The number of carbonyl (C=O) groups is 3. The molecule has 14 nitrogen and oxygen atoms in total. The van der Waals surface area contributed by atoms with Crippen LogP contribution in [0.2, 0.25) is 0 Å². The minimum atomic E-state index is -1.46. The first-order valence-electron chi connectivity index (χ1n) is 13.5. The maximum atomic E-state index is 12.8. The van der Waals surface area contributed by atoms with Crippen LogP contribution in [0, 0.1) is 17.2 Å². The summed E-state index contributed by atoms with van der Waals surface area (Å²) < 4.78 is 2.05. The molecule has 1 amide bonds. The maximum Gasteiger partial charge on any atom is 0.326 e. The van der Waals surface area contributed by atoms with Gasteiger partial charge in [-0.2, -0.15) is 5.26 Å². The van der Waals surface area contributed by atoms with Gasteiger partial charge in [-0.05, 0) is 62.3 Å². The van der Waals surface area contributed by atoms with Gasteiger partial charge in [-0.3, -0.25) is 9.59 Å². The molecule has 3 aromatic heterocycles. The fourth-order valence-electron chi connectivity index (χ4n) is 5.36. The highest BCUT2D eigenvalue weighted by atomic mass is 16.4. The van der Waals surface area contributed by atoms with E-state index < -0.39 is 36.1 Å². The van der Waals surface area contributed by atoms with Gasteiger partial charge >= 0.3 is 11.9 Å². The molecule has 0 unspecified atom stereocenters. The summed E-state index contributed by atoms with van der Waals surface area (Å²) in [6.45, 7) is 0. The van der Waals surface area contributed by atoms with Crippen LogP contribution in [0.25, 0.3) is 22.1 Å². The van der Waals surface area contributed by atoms with Gasteiger partial charge in [0.25, 0.3) is 11.9 Å². The molecule has 1 saturated carbocycles. The number of phenols is 1. The van der Waals surface area contributed by atoms with E-state index in [0.717, 1.165) is 36.6 Å². The quantitative estimate of drug-likeness (QED) is 0.166. The van der Waals surface area contributed by atoms with Crippen LogP contribution in [0.4, 0.5) is 11.6 Å². The Balaban J connectivity index is 1.45. The third-order valence-corrected chi connectivity index (χ3v) is 7.51. The number of azo groups is 1.